The van der Waals surface area contributed by atoms with E-state index in [0.29, 0.717) is 5.92 Å². The topological polar surface area (TPSA) is 52.0 Å². The monoisotopic (exact) mass is 358 g/mol. The maximum Gasteiger partial charge on any atom is 0.0493 e. The number of allylic oxidation sites excluding steroid dienone is 1. The number of nitrogens with two attached hydrogens (primary N) is 2. The fourth-order valence-corrected chi connectivity index (χ4v) is 6.11. The van der Waals surface area contributed by atoms with Gasteiger partial charge in [0.15, 0.2) is 0 Å². The molecule has 0 saturated heterocycles. The van der Waals surface area contributed by atoms with E-state index in [1.54, 1.807) is 0 Å². The van der Waals surface area contributed by atoms with Crippen LogP contribution in [0, 0.1) is 17.3 Å². The minimum absolute atomic E-state index is 0.0980. The summed E-state index contributed by atoms with van der Waals surface area (Å²) >= 11 is 0. The van der Waals surface area contributed by atoms with Crippen molar-refractivity contribution < 1.29 is 0 Å². The van der Waals surface area contributed by atoms with Gasteiger partial charge in [0.25, 0.3) is 0 Å². The Morgan fingerprint density at radius 2 is 1.58 bits per heavy atom. The molecule has 0 aromatic carbocycles. The molecule has 26 heavy (non-hydrogen) atoms. The molecule has 0 aromatic rings. The Labute approximate surface area is 161 Å². The van der Waals surface area contributed by atoms with Crippen molar-refractivity contribution in [3.8, 4) is 0 Å². The average molecular weight is 359 g/mol. The van der Waals surface area contributed by atoms with Crippen LogP contribution in [0.15, 0.2) is 22.9 Å². The summed E-state index contributed by atoms with van der Waals surface area (Å²) in [6.45, 7) is 4.61. The average Bonchev–Trinajstić information content (AvgIpc) is 3.35. The van der Waals surface area contributed by atoms with Crippen LogP contribution in [-0.2, 0) is 0 Å². The summed E-state index contributed by atoms with van der Waals surface area (Å²) in [5.74, 6) is 1.40. The van der Waals surface area contributed by atoms with Crippen LogP contribution in [0.25, 0.3) is 0 Å². The van der Waals surface area contributed by atoms with Crippen molar-refractivity contribution in [2.24, 2.45) is 28.7 Å². The zero-order valence-corrected chi connectivity index (χ0v) is 17.4. The smallest absolute Gasteiger partial charge is 0.0493 e. The highest BCUT2D eigenvalue weighted by Gasteiger charge is 2.46. The van der Waals surface area contributed by atoms with Crippen LogP contribution in [0.4, 0.5) is 0 Å². The summed E-state index contributed by atoms with van der Waals surface area (Å²) in [4.78, 5) is 0. The van der Waals surface area contributed by atoms with E-state index >= 15 is 0 Å². The number of hydrogen-bond donors (Lipinski definition) is 2. The minimum atomic E-state index is 0.0980. The molecule has 2 saturated carbocycles. The van der Waals surface area contributed by atoms with Gasteiger partial charge in [-0.25, -0.2) is 0 Å². The van der Waals surface area contributed by atoms with Gasteiger partial charge in [-0.15, -0.1) is 0 Å². The second kappa shape index (κ2) is 8.95. The number of hydrogen-bond acceptors (Lipinski definition) is 2. The van der Waals surface area contributed by atoms with E-state index in [4.69, 9.17) is 11.5 Å². The molecule has 3 rings (SSSR count). The third-order valence-corrected chi connectivity index (χ3v) is 7.63. The van der Waals surface area contributed by atoms with Crippen molar-refractivity contribution >= 4 is 0 Å². The van der Waals surface area contributed by atoms with Crippen LogP contribution >= 0.6 is 0 Å². The van der Waals surface area contributed by atoms with Crippen molar-refractivity contribution in [2.45, 2.75) is 110 Å². The molecule has 0 spiro atoms. The summed E-state index contributed by atoms with van der Waals surface area (Å²) < 4.78 is 0. The highest BCUT2D eigenvalue weighted by Crippen LogP contribution is 2.54. The molecule has 3 aliphatic rings. The Kier molecular flexibility index (Phi) is 6.88. The molecule has 0 amide bonds. The SMILES string of the molecule is CCCCC1=CC(CCCC)(C2CCCC2)C(N)=C(C2CCCC2)C1N. The summed E-state index contributed by atoms with van der Waals surface area (Å²) in [6.07, 6.45) is 20.9. The van der Waals surface area contributed by atoms with Crippen LogP contribution in [0.5, 0.6) is 0 Å². The van der Waals surface area contributed by atoms with Crippen molar-refractivity contribution in [3.05, 3.63) is 22.9 Å². The Morgan fingerprint density at radius 3 is 2.19 bits per heavy atom. The molecule has 2 fully saturated rings. The lowest BCUT2D eigenvalue weighted by Gasteiger charge is -2.45. The van der Waals surface area contributed by atoms with E-state index in [1.807, 2.05) is 0 Å². The largest absolute Gasteiger partial charge is 0.401 e. The quantitative estimate of drug-likeness (QED) is 0.506. The summed E-state index contributed by atoms with van der Waals surface area (Å²) in [7, 11) is 0. The number of rotatable bonds is 8. The summed E-state index contributed by atoms with van der Waals surface area (Å²) in [6, 6.07) is 0.0980. The first-order chi connectivity index (χ1) is 12.6. The van der Waals surface area contributed by atoms with Gasteiger partial charge in [-0.05, 0) is 62.4 Å². The highest BCUT2D eigenvalue weighted by molar-refractivity contribution is 5.43. The van der Waals surface area contributed by atoms with Gasteiger partial charge in [-0.2, -0.15) is 0 Å². The van der Waals surface area contributed by atoms with Crippen molar-refractivity contribution in [2.75, 3.05) is 0 Å². The molecule has 2 unspecified atom stereocenters. The molecule has 3 aliphatic carbocycles. The molecule has 148 valence electrons. The molecule has 2 nitrogen and oxygen atoms in total. The molecule has 0 radical (unpaired) electrons. The van der Waals surface area contributed by atoms with Gasteiger partial charge in [-0.1, -0.05) is 70.4 Å². The van der Waals surface area contributed by atoms with Gasteiger partial charge < -0.3 is 11.5 Å². The molecule has 2 atom stereocenters. The molecular formula is C24H42N2. The molecule has 4 N–H and O–H groups in total. The Bertz CT molecular complexity index is 520. The van der Waals surface area contributed by atoms with E-state index in [1.165, 1.54) is 107 Å². The molecule has 0 heterocycles. The first-order valence-corrected chi connectivity index (χ1v) is 11.6. The van der Waals surface area contributed by atoms with Crippen LogP contribution in [0.3, 0.4) is 0 Å². The fourth-order valence-electron chi connectivity index (χ4n) is 6.11. The van der Waals surface area contributed by atoms with Gasteiger partial charge in [0.1, 0.15) is 0 Å². The fraction of sp³-hybridized carbons (Fsp3) is 0.833. The Balaban J connectivity index is 2.04. The molecule has 2 heteroatoms. The lowest BCUT2D eigenvalue weighted by Crippen LogP contribution is -2.44. The van der Waals surface area contributed by atoms with Gasteiger partial charge in [0, 0.05) is 17.2 Å². The molecular weight excluding hydrogens is 316 g/mol. The normalized spacial score (nSPS) is 31.0. The summed E-state index contributed by atoms with van der Waals surface area (Å²) in [5.41, 5.74) is 18.3. The standard InChI is InChI=1S/C24H42N2/c1-3-5-11-19-17-24(16-6-4-2,20-14-9-10-15-20)23(26)21(22(19)25)18-12-7-8-13-18/h17-18,20,22H,3-16,25-26H2,1-2H3. The van der Waals surface area contributed by atoms with Crippen LogP contribution in [0.2, 0.25) is 0 Å². The van der Waals surface area contributed by atoms with E-state index in [9.17, 15) is 0 Å². The van der Waals surface area contributed by atoms with E-state index in [-0.39, 0.29) is 11.5 Å². The highest BCUT2D eigenvalue weighted by atomic mass is 14.8. The van der Waals surface area contributed by atoms with Gasteiger partial charge in [0.2, 0.25) is 0 Å². The van der Waals surface area contributed by atoms with Gasteiger partial charge in [0.05, 0.1) is 0 Å². The van der Waals surface area contributed by atoms with Crippen molar-refractivity contribution in [3.63, 3.8) is 0 Å². The van der Waals surface area contributed by atoms with Crippen LogP contribution < -0.4 is 11.5 Å². The second-order valence-corrected chi connectivity index (χ2v) is 9.28. The second-order valence-electron chi connectivity index (χ2n) is 9.28. The van der Waals surface area contributed by atoms with Crippen molar-refractivity contribution in [1.29, 1.82) is 0 Å². The van der Waals surface area contributed by atoms with E-state index < -0.39 is 0 Å². The van der Waals surface area contributed by atoms with Gasteiger partial charge in [-0.3, -0.25) is 0 Å². The van der Waals surface area contributed by atoms with Gasteiger partial charge >= 0.3 is 0 Å². The zero-order chi connectivity index (χ0) is 18.6. The molecule has 0 aliphatic heterocycles. The van der Waals surface area contributed by atoms with Crippen LogP contribution in [-0.4, -0.2) is 6.04 Å². The lowest BCUT2D eigenvalue weighted by atomic mass is 9.61. The third-order valence-electron chi connectivity index (χ3n) is 7.63. The number of unbranched alkanes of at least 4 members (excludes halogenated alkanes) is 2. The molecule has 0 bridgehead atoms. The van der Waals surface area contributed by atoms with E-state index in [0.717, 1.165) is 5.92 Å². The summed E-state index contributed by atoms with van der Waals surface area (Å²) in [5, 5.41) is 0. The lowest BCUT2D eigenvalue weighted by molar-refractivity contribution is 0.240. The zero-order valence-electron chi connectivity index (χ0n) is 17.4. The third kappa shape index (κ3) is 3.77. The maximum absolute atomic E-state index is 7.09. The predicted octanol–water partition coefficient (Wildman–Crippen LogP) is 6.21. The van der Waals surface area contributed by atoms with Crippen molar-refractivity contribution in [1.82, 2.24) is 0 Å². The molecule has 0 aromatic heterocycles. The van der Waals surface area contributed by atoms with Crippen LogP contribution in [0.1, 0.15) is 104 Å². The first-order valence-electron chi connectivity index (χ1n) is 11.6. The first kappa shape index (κ1) is 20.0. The van der Waals surface area contributed by atoms with E-state index in [2.05, 4.69) is 19.9 Å². The predicted molar refractivity (Wildman–Crippen MR) is 113 cm³/mol. The Morgan fingerprint density at radius 1 is 0.962 bits per heavy atom. The Hall–Kier alpha value is -0.760. The minimum Gasteiger partial charge on any atom is -0.401 e. The maximum atomic E-state index is 7.09.